The summed E-state index contributed by atoms with van der Waals surface area (Å²) in [7, 11) is 0. The number of benzene rings is 1. The highest BCUT2D eigenvalue weighted by Gasteiger charge is 2.15. The van der Waals surface area contributed by atoms with E-state index in [1.807, 2.05) is 24.3 Å². The maximum absolute atomic E-state index is 11.3. The average molecular weight is 262 g/mol. The van der Waals surface area contributed by atoms with E-state index in [9.17, 15) is 4.79 Å². The lowest BCUT2D eigenvalue weighted by molar-refractivity contribution is -0.116. The molecule has 0 heterocycles. The van der Waals surface area contributed by atoms with Crippen LogP contribution < -0.4 is 5.32 Å². The second-order valence-corrected chi connectivity index (χ2v) is 4.85. The fourth-order valence-corrected chi connectivity index (χ4v) is 2.31. The summed E-state index contributed by atoms with van der Waals surface area (Å²) in [5.41, 5.74) is 2.45. The Morgan fingerprint density at radius 3 is 2.78 bits per heavy atom. The summed E-state index contributed by atoms with van der Waals surface area (Å²) >= 11 is 5.88. The van der Waals surface area contributed by atoms with Crippen molar-refractivity contribution in [3.63, 3.8) is 0 Å². The predicted molar refractivity (Wildman–Crippen MR) is 75.4 cm³/mol. The molecule has 3 heteroatoms. The summed E-state index contributed by atoms with van der Waals surface area (Å²) in [6.45, 7) is 3.47. The van der Waals surface area contributed by atoms with Gasteiger partial charge in [0.15, 0.2) is 0 Å². The average Bonchev–Trinajstić information content (AvgIpc) is 2.40. The molecule has 0 saturated carbocycles. The van der Waals surface area contributed by atoms with Crippen LogP contribution in [0.25, 0.3) is 5.57 Å². The fraction of sp³-hybridized carbons (Fsp3) is 0.267. The first-order valence-electron chi connectivity index (χ1n) is 6.08. The van der Waals surface area contributed by atoms with Gasteiger partial charge in [0, 0.05) is 11.1 Å². The molecule has 0 bridgehead atoms. The molecule has 0 saturated heterocycles. The van der Waals surface area contributed by atoms with E-state index in [0.29, 0.717) is 0 Å². The Morgan fingerprint density at radius 2 is 2.11 bits per heavy atom. The molecule has 18 heavy (non-hydrogen) atoms. The lowest BCUT2D eigenvalue weighted by atomic mass is 9.91. The number of rotatable bonds is 3. The van der Waals surface area contributed by atoms with E-state index in [-0.39, 0.29) is 11.9 Å². The molecule has 0 radical (unpaired) electrons. The van der Waals surface area contributed by atoms with Crippen molar-refractivity contribution in [3.05, 3.63) is 53.6 Å². The highest BCUT2D eigenvalue weighted by atomic mass is 35.5. The number of halogens is 1. The molecule has 2 nitrogen and oxygen atoms in total. The van der Waals surface area contributed by atoms with Crippen LogP contribution in [0.2, 0.25) is 5.02 Å². The number of carbonyl (C=O) groups is 1. The standard InChI is InChI=1S/C15H16ClNO/c1-2-15(18)17-14-5-3-4-12(10-14)11-6-8-13(16)9-7-11/h2,6-10,14H,1,3-5H2,(H,17,18). The van der Waals surface area contributed by atoms with Crippen LogP contribution in [0.3, 0.4) is 0 Å². The molecule has 1 atom stereocenters. The quantitative estimate of drug-likeness (QED) is 0.828. The molecule has 1 unspecified atom stereocenters. The Morgan fingerprint density at radius 1 is 1.39 bits per heavy atom. The van der Waals surface area contributed by atoms with Gasteiger partial charge in [-0.1, -0.05) is 36.4 Å². The Labute approximate surface area is 112 Å². The van der Waals surface area contributed by atoms with Gasteiger partial charge in [-0.15, -0.1) is 0 Å². The number of amides is 1. The van der Waals surface area contributed by atoms with Gasteiger partial charge in [-0.2, -0.15) is 0 Å². The van der Waals surface area contributed by atoms with Crippen LogP contribution in [0.1, 0.15) is 24.8 Å². The maximum Gasteiger partial charge on any atom is 0.243 e. The normalized spacial score (nSPS) is 18.9. The van der Waals surface area contributed by atoms with Gasteiger partial charge in [0.2, 0.25) is 5.91 Å². The molecule has 1 N–H and O–H groups in total. The second kappa shape index (κ2) is 5.87. The summed E-state index contributed by atoms with van der Waals surface area (Å²) in [6, 6.07) is 7.93. The molecule has 0 fully saturated rings. The first-order chi connectivity index (χ1) is 8.69. The molecule has 1 aromatic carbocycles. The zero-order valence-corrected chi connectivity index (χ0v) is 10.9. The fourth-order valence-electron chi connectivity index (χ4n) is 2.18. The molecule has 0 spiro atoms. The molecule has 0 aliphatic heterocycles. The van der Waals surface area contributed by atoms with Crippen LogP contribution in [0.4, 0.5) is 0 Å². The van der Waals surface area contributed by atoms with Crippen molar-refractivity contribution in [1.29, 1.82) is 0 Å². The minimum absolute atomic E-state index is 0.106. The molecular weight excluding hydrogens is 246 g/mol. The molecule has 1 aliphatic carbocycles. The van der Waals surface area contributed by atoms with Crippen LogP contribution in [-0.2, 0) is 4.79 Å². The third-order valence-corrected chi connectivity index (χ3v) is 3.34. The van der Waals surface area contributed by atoms with E-state index >= 15 is 0 Å². The highest BCUT2D eigenvalue weighted by Crippen LogP contribution is 2.27. The Bertz CT molecular complexity index is 476. The number of hydrogen-bond donors (Lipinski definition) is 1. The monoisotopic (exact) mass is 261 g/mol. The molecule has 1 aliphatic rings. The van der Waals surface area contributed by atoms with E-state index < -0.39 is 0 Å². The van der Waals surface area contributed by atoms with Crippen molar-refractivity contribution in [3.8, 4) is 0 Å². The third kappa shape index (κ3) is 3.23. The van der Waals surface area contributed by atoms with Crippen molar-refractivity contribution in [2.45, 2.75) is 25.3 Å². The minimum Gasteiger partial charge on any atom is -0.346 e. The van der Waals surface area contributed by atoms with E-state index in [0.717, 1.165) is 24.3 Å². The second-order valence-electron chi connectivity index (χ2n) is 4.41. The highest BCUT2D eigenvalue weighted by molar-refractivity contribution is 6.30. The van der Waals surface area contributed by atoms with Crippen molar-refractivity contribution in [1.82, 2.24) is 5.32 Å². The number of carbonyl (C=O) groups excluding carboxylic acids is 1. The summed E-state index contributed by atoms with van der Waals surface area (Å²) in [5.74, 6) is -0.117. The zero-order chi connectivity index (χ0) is 13.0. The van der Waals surface area contributed by atoms with Crippen molar-refractivity contribution in [2.75, 3.05) is 0 Å². The Hall–Kier alpha value is -1.54. The topological polar surface area (TPSA) is 29.1 Å². The first kappa shape index (κ1) is 12.9. The first-order valence-corrected chi connectivity index (χ1v) is 6.46. The van der Waals surface area contributed by atoms with Crippen molar-refractivity contribution < 1.29 is 4.79 Å². The van der Waals surface area contributed by atoms with Gasteiger partial charge in [-0.25, -0.2) is 0 Å². The number of hydrogen-bond acceptors (Lipinski definition) is 1. The molecule has 2 rings (SSSR count). The molecular formula is C15H16ClNO. The summed E-state index contributed by atoms with van der Waals surface area (Å²) in [4.78, 5) is 11.3. The van der Waals surface area contributed by atoms with Crippen LogP contribution in [0.5, 0.6) is 0 Å². The molecule has 1 aromatic rings. The van der Waals surface area contributed by atoms with Gasteiger partial charge in [0.25, 0.3) is 0 Å². The maximum atomic E-state index is 11.3. The number of nitrogens with one attached hydrogen (secondary N) is 1. The number of allylic oxidation sites excluding steroid dienone is 1. The van der Waals surface area contributed by atoms with E-state index in [2.05, 4.69) is 18.0 Å². The van der Waals surface area contributed by atoms with Gasteiger partial charge in [0.05, 0.1) is 0 Å². The smallest absolute Gasteiger partial charge is 0.243 e. The third-order valence-electron chi connectivity index (χ3n) is 3.09. The Kier molecular flexibility index (Phi) is 4.21. The summed E-state index contributed by atoms with van der Waals surface area (Å²) in [5, 5.41) is 3.66. The van der Waals surface area contributed by atoms with Crippen LogP contribution in [-0.4, -0.2) is 11.9 Å². The Balaban J connectivity index is 2.14. The van der Waals surface area contributed by atoms with Gasteiger partial charge in [0.1, 0.15) is 0 Å². The van der Waals surface area contributed by atoms with Gasteiger partial charge in [-0.05, 0) is 48.6 Å². The van der Waals surface area contributed by atoms with E-state index in [1.165, 1.54) is 17.2 Å². The van der Waals surface area contributed by atoms with Gasteiger partial charge < -0.3 is 5.32 Å². The van der Waals surface area contributed by atoms with Crippen molar-refractivity contribution in [2.24, 2.45) is 0 Å². The summed E-state index contributed by atoms with van der Waals surface area (Å²) < 4.78 is 0. The molecule has 94 valence electrons. The largest absolute Gasteiger partial charge is 0.346 e. The lowest BCUT2D eigenvalue weighted by Crippen LogP contribution is -2.33. The van der Waals surface area contributed by atoms with Crippen molar-refractivity contribution >= 4 is 23.1 Å². The van der Waals surface area contributed by atoms with Crippen LogP contribution in [0.15, 0.2) is 43.0 Å². The SMILES string of the molecule is C=CC(=O)NC1C=C(c2ccc(Cl)cc2)CCC1. The van der Waals surface area contributed by atoms with E-state index in [1.54, 1.807) is 0 Å². The van der Waals surface area contributed by atoms with Crippen LogP contribution in [0, 0.1) is 0 Å². The molecule has 1 amide bonds. The van der Waals surface area contributed by atoms with Gasteiger partial charge >= 0.3 is 0 Å². The van der Waals surface area contributed by atoms with Gasteiger partial charge in [-0.3, -0.25) is 4.79 Å². The zero-order valence-electron chi connectivity index (χ0n) is 10.2. The molecule has 0 aromatic heterocycles. The van der Waals surface area contributed by atoms with Crippen LogP contribution >= 0.6 is 11.6 Å². The summed E-state index contributed by atoms with van der Waals surface area (Å²) in [6.07, 6.45) is 6.55. The predicted octanol–water partition coefficient (Wildman–Crippen LogP) is 3.58. The minimum atomic E-state index is -0.117. The van der Waals surface area contributed by atoms with E-state index in [4.69, 9.17) is 11.6 Å². The lowest BCUT2D eigenvalue weighted by Gasteiger charge is -2.22.